The Bertz CT molecular complexity index is 690. The van der Waals surface area contributed by atoms with Crippen molar-refractivity contribution < 1.29 is 27.5 Å². The normalized spacial score (nSPS) is 16.3. The first-order valence-electron chi connectivity index (χ1n) is 4.86. The number of hydrogen-bond acceptors (Lipinski definition) is 7. The summed E-state index contributed by atoms with van der Waals surface area (Å²) < 4.78 is 28.8. The van der Waals surface area contributed by atoms with Crippen LogP contribution in [0.15, 0.2) is 11.0 Å². The first-order chi connectivity index (χ1) is 8.78. The van der Waals surface area contributed by atoms with Gasteiger partial charge in [-0.1, -0.05) is 0 Å². The third-order valence-electron chi connectivity index (χ3n) is 2.43. The lowest BCUT2D eigenvalue weighted by Crippen LogP contribution is -2.35. The van der Waals surface area contributed by atoms with Crippen LogP contribution < -0.4 is 5.73 Å². The van der Waals surface area contributed by atoms with Gasteiger partial charge in [-0.15, -0.1) is 11.3 Å². The molecule has 0 aliphatic carbocycles. The first kappa shape index (κ1) is 13.5. The lowest BCUT2D eigenvalue weighted by Gasteiger charge is -2.13. The van der Waals surface area contributed by atoms with E-state index in [-0.39, 0.29) is 14.6 Å². The summed E-state index contributed by atoms with van der Waals surface area (Å²) in [5.74, 6) is -2.54. The van der Waals surface area contributed by atoms with Crippen LogP contribution in [0.1, 0.15) is 19.3 Å². The van der Waals surface area contributed by atoms with Gasteiger partial charge in [0.2, 0.25) is 0 Å². The summed E-state index contributed by atoms with van der Waals surface area (Å²) >= 11 is 0.682. The summed E-state index contributed by atoms with van der Waals surface area (Å²) in [4.78, 5) is 33.5. The van der Waals surface area contributed by atoms with Crippen molar-refractivity contribution in [2.75, 3.05) is 13.7 Å². The van der Waals surface area contributed by atoms with Gasteiger partial charge in [-0.2, -0.15) is 0 Å². The molecule has 0 bridgehead atoms. The Morgan fingerprint density at radius 3 is 2.58 bits per heavy atom. The molecule has 0 atom stereocenters. The largest absolute Gasteiger partial charge is 0.468 e. The summed E-state index contributed by atoms with van der Waals surface area (Å²) in [6.07, 6.45) is 0. The molecule has 0 fully saturated rings. The highest BCUT2D eigenvalue weighted by Crippen LogP contribution is 2.36. The molecule has 0 saturated heterocycles. The number of carbonyl (C=O) groups excluding carboxylic acids is 3. The predicted octanol–water partition coefficient (Wildman–Crippen LogP) is -0.835. The predicted molar refractivity (Wildman–Crippen MR) is 63.1 cm³/mol. The van der Waals surface area contributed by atoms with Gasteiger partial charge in [0.1, 0.15) is 16.3 Å². The highest BCUT2D eigenvalue weighted by atomic mass is 32.2. The van der Waals surface area contributed by atoms with E-state index in [2.05, 4.69) is 4.74 Å². The number of esters is 1. The van der Waals surface area contributed by atoms with E-state index >= 15 is 0 Å². The highest BCUT2D eigenvalue weighted by Gasteiger charge is 2.44. The monoisotopic (exact) mass is 304 g/mol. The molecule has 1 aliphatic heterocycles. The third-order valence-corrected chi connectivity index (χ3v) is 5.45. The Labute approximate surface area is 111 Å². The lowest BCUT2D eigenvalue weighted by molar-refractivity contribution is -0.140. The molecule has 8 nitrogen and oxygen atoms in total. The van der Waals surface area contributed by atoms with Crippen LogP contribution in [-0.4, -0.2) is 44.2 Å². The maximum atomic E-state index is 12.0. The second kappa shape index (κ2) is 4.31. The van der Waals surface area contributed by atoms with E-state index in [1.807, 2.05) is 0 Å². The van der Waals surface area contributed by atoms with Gasteiger partial charge < -0.3 is 10.5 Å². The van der Waals surface area contributed by atoms with E-state index in [9.17, 15) is 22.8 Å². The van der Waals surface area contributed by atoms with E-state index in [1.165, 1.54) is 0 Å². The Morgan fingerprint density at radius 1 is 1.47 bits per heavy atom. The molecule has 10 heteroatoms. The number of sulfonamides is 1. The lowest BCUT2D eigenvalue weighted by atomic mass is 10.4. The van der Waals surface area contributed by atoms with E-state index in [0.717, 1.165) is 13.2 Å². The van der Waals surface area contributed by atoms with Crippen molar-refractivity contribution in [1.82, 2.24) is 4.31 Å². The molecule has 2 rings (SSSR count). The van der Waals surface area contributed by atoms with Gasteiger partial charge in [-0.05, 0) is 6.07 Å². The number of amides is 2. The minimum absolute atomic E-state index is 0.0281. The maximum Gasteiger partial charge on any atom is 0.326 e. The molecule has 102 valence electrons. The summed E-state index contributed by atoms with van der Waals surface area (Å²) in [6.45, 7) is -0.703. The molecule has 1 aliphatic rings. The molecule has 1 aromatic rings. The maximum absolute atomic E-state index is 12.0. The Hall–Kier alpha value is -1.94. The Balaban J connectivity index is 2.47. The molecule has 0 spiro atoms. The van der Waals surface area contributed by atoms with Crippen LogP contribution in [0.3, 0.4) is 0 Å². The van der Waals surface area contributed by atoms with Crippen molar-refractivity contribution in [3.63, 3.8) is 0 Å². The van der Waals surface area contributed by atoms with Gasteiger partial charge in [0.15, 0.2) is 0 Å². The van der Waals surface area contributed by atoms with E-state index in [0.29, 0.717) is 15.6 Å². The van der Waals surface area contributed by atoms with Crippen molar-refractivity contribution in [2.24, 2.45) is 5.73 Å². The molecule has 0 unspecified atom stereocenters. The molecule has 2 N–H and O–H groups in total. The smallest absolute Gasteiger partial charge is 0.326 e. The van der Waals surface area contributed by atoms with Gasteiger partial charge in [0, 0.05) is 0 Å². The van der Waals surface area contributed by atoms with Crippen LogP contribution in [0.5, 0.6) is 0 Å². The number of thiophene rings is 1. The molecule has 0 aromatic carbocycles. The molecule has 2 amide bonds. The fourth-order valence-electron chi connectivity index (χ4n) is 1.52. The zero-order valence-corrected chi connectivity index (χ0v) is 11.2. The standard InChI is InChI=1S/C9H8N2O6S2/c1-17-6(12)3-11-9(14)7-5(19(11,15)16)2-4(18-7)8(10)13/h2H,3H2,1H3,(H2,10,13). The summed E-state index contributed by atoms with van der Waals surface area (Å²) in [5.41, 5.74) is 5.02. The molecular formula is C9H8N2O6S2. The second-order valence-corrected chi connectivity index (χ2v) is 6.44. The highest BCUT2D eigenvalue weighted by molar-refractivity contribution is 7.90. The van der Waals surface area contributed by atoms with Gasteiger partial charge in [-0.25, -0.2) is 12.7 Å². The fourth-order valence-corrected chi connectivity index (χ4v) is 4.35. The fraction of sp³-hybridized carbons (Fsp3) is 0.222. The van der Waals surface area contributed by atoms with Gasteiger partial charge in [0.25, 0.3) is 21.8 Å². The van der Waals surface area contributed by atoms with Gasteiger partial charge in [-0.3, -0.25) is 14.4 Å². The number of fused-ring (bicyclic) bond motifs is 1. The third kappa shape index (κ3) is 1.98. The topological polar surface area (TPSA) is 124 Å². The molecular weight excluding hydrogens is 296 g/mol. The number of nitrogens with zero attached hydrogens (tertiary/aromatic N) is 1. The number of nitrogens with two attached hydrogens (primary N) is 1. The number of hydrogen-bond donors (Lipinski definition) is 1. The van der Waals surface area contributed by atoms with Crippen LogP contribution in [0.25, 0.3) is 0 Å². The minimum atomic E-state index is -4.13. The van der Waals surface area contributed by atoms with Crippen molar-refractivity contribution in [1.29, 1.82) is 0 Å². The van der Waals surface area contributed by atoms with Crippen LogP contribution in [0, 0.1) is 0 Å². The average molecular weight is 304 g/mol. The number of methoxy groups -OCH3 is 1. The van der Waals surface area contributed by atoms with Crippen molar-refractivity contribution in [3.05, 3.63) is 15.8 Å². The number of primary amides is 1. The number of ether oxygens (including phenoxy) is 1. The average Bonchev–Trinajstić information content (AvgIpc) is 2.85. The van der Waals surface area contributed by atoms with Crippen molar-refractivity contribution in [2.45, 2.75) is 4.90 Å². The first-order valence-corrected chi connectivity index (χ1v) is 7.12. The van der Waals surface area contributed by atoms with Crippen molar-refractivity contribution >= 4 is 39.1 Å². The van der Waals surface area contributed by atoms with Gasteiger partial charge in [0.05, 0.1) is 12.0 Å². The van der Waals surface area contributed by atoms with Crippen LogP contribution >= 0.6 is 11.3 Å². The van der Waals surface area contributed by atoms with Crippen LogP contribution in [0.4, 0.5) is 0 Å². The molecule has 0 radical (unpaired) electrons. The SMILES string of the molecule is COC(=O)CN1C(=O)c2sc(C(N)=O)cc2S1(=O)=O. The zero-order chi connectivity index (χ0) is 14.4. The minimum Gasteiger partial charge on any atom is -0.468 e. The summed E-state index contributed by atoms with van der Waals surface area (Å²) in [6, 6.07) is 1.03. The summed E-state index contributed by atoms with van der Waals surface area (Å²) in [7, 11) is -3.05. The van der Waals surface area contributed by atoms with E-state index in [1.54, 1.807) is 0 Å². The van der Waals surface area contributed by atoms with Gasteiger partial charge >= 0.3 is 5.97 Å². The number of carbonyl (C=O) groups is 3. The quantitative estimate of drug-likeness (QED) is 0.726. The molecule has 19 heavy (non-hydrogen) atoms. The zero-order valence-electron chi connectivity index (χ0n) is 9.58. The van der Waals surface area contributed by atoms with E-state index < -0.39 is 34.4 Å². The molecule has 0 saturated carbocycles. The number of rotatable bonds is 3. The Kier molecular flexibility index (Phi) is 3.06. The molecule has 1 aromatic heterocycles. The second-order valence-electron chi connectivity index (χ2n) is 3.56. The summed E-state index contributed by atoms with van der Waals surface area (Å²) in [5, 5.41) is 0. The van der Waals surface area contributed by atoms with Crippen LogP contribution in [-0.2, 0) is 19.6 Å². The Morgan fingerprint density at radius 2 is 2.11 bits per heavy atom. The van der Waals surface area contributed by atoms with E-state index in [4.69, 9.17) is 5.73 Å². The van der Waals surface area contributed by atoms with Crippen molar-refractivity contribution in [3.8, 4) is 0 Å². The molecule has 2 heterocycles. The van der Waals surface area contributed by atoms with Crippen LogP contribution in [0.2, 0.25) is 0 Å².